The van der Waals surface area contributed by atoms with E-state index in [2.05, 4.69) is 34.3 Å². The van der Waals surface area contributed by atoms with Gasteiger partial charge >= 0.3 is 0 Å². The first kappa shape index (κ1) is 24.8. The number of Topliss-reactive ketones (excluding diaryl/α,β-unsaturated/α-hetero) is 1. The maximum absolute atomic E-state index is 14.4. The van der Waals surface area contributed by atoms with Gasteiger partial charge in [0.2, 0.25) is 5.79 Å². The van der Waals surface area contributed by atoms with Crippen LogP contribution in [0.3, 0.4) is 0 Å². The van der Waals surface area contributed by atoms with Gasteiger partial charge in [-0.2, -0.15) is 0 Å². The van der Waals surface area contributed by atoms with Crippen LogP contribution in [0.1, 0.15) is 73.6 Å². The minimum Gasteiger partial charge on any atom is -0.469 e. The molecule has 6 fully saturated rings. The summed E-state index contributed by atoms with van der Waals surface area (Å²) in [6, 6.07) is 0. The molecule has 204 valence electrons. The third-order valence-corrected chi connectivity index (χ3v) is 10.8. The number of allylic oxidation sites excluding steroid dienone is 1. The van der Waals surface area contributed by atoms with Gasteiger partial charge in [0.05, 0.1) is 24.7 Å². The van der Waals surface area contributed by atoms with E-state index in [0.717, 1.165) is 37.9 Å². The molecule has 3 saturated carbocycles. The first-order valence-corrected chi connectivity index (χ1v) is 14.3. The van der Waals surface area contributed by atoms with Gasteiger partial charge in [-0.1, -0.05) is 34.3 Å². The van der Waals surface area contributed by atoms with Gasteiger partial charge in [-0.3, -0.25) is 4.79 Å². The summed E-state index contributed by atoms with van der Waals surface area (Å²) in [6.45, 7) is 17.7. The smallest absolute Gasteiger partial charge is 0.213 e. The standard InChI is InChI=1S/C30H42O7/c1-15(2)13-33-20-11-8-17-12-26(4,5)21-23(32)30-29-19(28(21,14-34-30)24(17)35-20)10-9-18(16(3)22(29)31)25(29)36-27(6,7)37-30/h15,18-21,23,25,32H,3,8-14H2,1-2,4-7H3/t18-,19-,20-,21+,23-,25?,28-,29-,30-/m0/s1. The van der Waals surface area contributed by atoms with Crippen LogP contribution in [0.2, 0.25) is 0 Å². The molecule has 37 heavy (non-hydrogen) atoms. The van der Waals surface area contributed by atoms with Crippen LogP contribution < -0.4 is 0 Å². The van der Waals surface area contributed by atoms with E-state index < -0.39 is 34.6 Å². The molecule has 1 N–H and O–H groups in total. The molecule has 7 heteroatoms. The highest BCUT2D eigenvalue weighted by Gasteiger charge is 2.90. The Balaban J connectivity index is 1.44. The zero-order valence-corrected chi connectivity index (χ0v) is 23.1. The molecule has 0 aromatic rings. The fourth-order valence-electron chi connectivity index (χ4n) is 10.1. The van der Waals surface area contributed by atoms with Crippen molar-refractivity contribution in [2.24, 2.45) is 39.9 Å². The van der Waals surface area contributed by atoms with Gasteiger partial charge in [0.15, 0.2) is 17.9 Å². The number of carbonyl (C=O) groups excluding carboxylic acids is 1. The van der Waals surface area contributed by atoms with Crippen molar-refractivity contribution >= 4 is 5.78 Å². The van der Waals surface area contributed by atoms with Crippen LogP contribution in [0.15, 0.2) is 23.5 Å². The van der Waals surface area contributed by atoms with Crippen LogP contribution >= 0.6 is 0 Å². The van der Waals surface area contributed by atoms with Crippen molar-refractivity contribution in [3.05, 3.63) is 23.5 Å². The lowest BCUT2D eigenvalue weighted by Gasteiger charge is -2.77. The first-order chi connectivity index (χ1) is 17.3. The number of ether oxygens (including phenoxy) is 5. The third kappa shape index (κ3) is 2.69. The number of aliphatic hydroxyl groups excluding tert-OH is 1. The quantitative estimate of drug-likeness (QED) is 0.556. The van der Waals surface area contributed by atoms with Crippen molar-refractivity contribution in [3.63, 3.8) is 0 Å². The van der Waals surface area contributed by atoms with Crippen molar-refractivity contribution < 1.29 is 33.6 Å². The Labute approximate surface area is 219 Å². The Morgan fingerprint density at radius 3 is 2.65 bits per heavy atom. The first-order valence-electron chi connectivity index (χ1n) is 14.3. The third-order valence-electron chi connectivity index (χ3n) is 10.8. The van der Waals surface area contributed by atoms with E-state index in [1.807, 2.05) is 13.8 Å². The fraction of sp³-hybridized carbons (Fsp3) is 0.833. The highest BCUT2D eigenvalue weighted by Crippen LogP contribution is 2.80. The van der Waals surface area contributed by atoms with Gasteiger partial charge in [-0.15, -0.1) is 0 Å². The van der Waals surface area contributed by atoms with Gasteiger partial charge in [0.1, 0.15) is 17.3 Å². The second-order valence-corrected chi connectivity index (χ2v) is 14.3. The van der Waals surface area contributed by atoms with Gasteiger partial charge in [0.25, 0.3) is 0 Å². The Hall–Kier alpha value is -1.25. The number of aliphatic hydroxyl groups is 1. The second kappa shape index (κ2) is 7.28. The van der Waals surface area contributed by atoms with Gasteiger partial charge in [-0.05, 0) is 67.9 Å². The fourth-order valence-corrected chi connectivity index (χ4v) is 10.1. The van der Waals surface area contributed by atoms with Crippen molar-refractivity contribution in [2.45, 2.75) is 104 Å². The molecule has 1 unspecified atom stereocenters. The van der Waals surface area contributed by atoms with E-state index in [1.54, 1.807) is 0 Å². The Morgan fingerprint density at radius 1 is 1.16 bits per heavy atom. The molecule has 8 aliphatic rings. The molecule has 4 bridgehead atoms. The average Bonchev–Trinajstić information content (AvgIpc) is 2.92. The van der Waals surface area contributed by atoms with E-state index in [-0.39, 0.29) is 35.2 Å². The molecule has 3 spiro atoms. The average molecular weight is 515 g/mol. The Bertz CT molecular complexity index is 1110. The summed E-state index contributed by atoms with van der Waals surface area (Å²) < 4.78 is 33.0. The molecule has 7 nitrogen and oxygen atoms in total. The van der Waals surface area contributed by atoms with Crippen molar-refractivity contribution in [1.29, 1.82) is 0 Å². The van der Waals surface area contributed by atoms with Crippen LogP contribution in [0.25, 0.3) is 0 Å². The molecule has 0 radical (unpaired) electrons. The molecule has 0 aromatic heterocycles. The van der Waals surface area contributed by atoms with E-state index >= 15 is 0 Å². The maximum atomic E-state index is 14.4. The van der Waals surface area contributed by atoms with Gasteiger partial charge in [-0.25, -0.2) is 0 Å². The topological polar surface area (TPSA) is 83.5 Å². The highest BCUT2D eigenvalue weighted by atomic mass is 16.8. The minimum absolute atomic E-state index is 0.0500. The van der Waals surface area contributed by atoms with Crippen LogP contribution in [-0.4, -0.2) is 54.2 Å². The van der Waals surface area contributed by atoms with E-state index in [1.165, 1.54) is 5.57 Å². The van der Waals surface area contributed by atoms with Gasteiger partial charge < -0.3 is 28.8 Å². The molecular weight excluding hydrogens is 472 g/mol. The number of hydrogen-bond donors (Lipinski definition) is 1. The lowest BCUT2D eigenvalue weighted by atomic mass is 9.36. The molecule has 9 atom stereocenters. The van der Waals surface area contributed by atoms with E-state index in [4.69, 9.17) is 23.7 Å². The van der Waals surface area contributed by atoms with Crippen LogP contribution in [-0.2, 0) is 28.5 Å². The van der Waals surface area contributed by atoms with Crippen molar-refractivity contribution in [2.75, 3.05) is 13.2 Å². The molecule has 0 aromatic carbocycles. The molecular formula is C30H42O7. The maximum Gasteiger partial charge on any atom is 0.213 e. The van der Waals surface area contributed by atoms with Crippen molar-refractivity contribution in [1.82, 2.24) is 0 Å². The summed E-state index contributed by atoms with van der Waals surface area (Å²) in [7, 11) is 0. The highest BCUT2D eigenvalue weighted by molar-refractivity contribution is 6.05. The summed E-state index contributed by atoms with van der Waals surface area (Å²) in [6.07, 6.45) is 2.41. The molecule has 8 rings (SSSR count). The Kier molecular flexibility index (Phi) is 4.87. The number of rotatable bonds is 3. The number of fused-ring (bicyclic) bond motifs is 1. The lowest BCUT2D eigenvalue weighted by Crippen LogP contribution is -2.87. The predicted molar refractivity (Wildman–Crippen MR) is 134 cm³/mol. The molecule has 0 amide bonds. The van der Waals surface area contributed by atoms with Crippen LogP contribution in [0.4, 0.5) is 0 Å². The van der Waals surface area contributed by atoms with Crippen molar-refractivity contribution in [3.8, 4) is 0 Å². The second-order valence-electron chi connectivity index (χ2n) is 14.3. The number of carbonyl (C=O) groups is 1. The normalized spacial score (nSPS) is 50.5. The zero-order valence-electron chi connectivity index (χ0n) is 23.1. The van der Waals surface area contributed by atoms with Crippen LogP contribution in [0.5, 0.6) is 0 Å². The molecule has 4 aliphatic heterocycles. The van der Waals surface area contributed by atoms with E-state index in [9.17, 15) is 9.90 Å². The summed E-state index contributed by atoms with van der Waals surface area (Å²) in [5, 5.41) is 12.5. The minimum atomic E-state index is -1.47. The lowest BCUT2D eigenvalue weighted by molar-refractivity contribution is -0.527. The SMILES string of the molecule is C=C1C(=O)[C@@]23C4OC(C)(C)O[C@]25OC[C@]2(C6=C(CC[C@@H](OCC(C)C)O6)CC(C)(C)[C@H]2[C@@H]5O)[C@@H]3CC[C@@H]14. The summed E-state index contributed by atoms with van der Waals surface area (Å²) in [4.78, 5) is 14.4. The summed E-state index contributed by atoms with van der Waals surface area (Å²) in [5.74, 6) is -1.63. The zero-order chi connectivity index (χ0) is 26.3. The van der Waals surface area contributed by atoms with Crippen LogP contribution in [0, 0.1) is 39.9 Å². The monoisotopic (exact) mass is 514 g/mol. The largest absolute Gasteiger partial charge is 0.469 e. The summed E-state index contributed by atoms with van der Waals surface area (Å²) >= 11 is 0. The summed E-state index contributed by atoms with van der Waals surface area (Å²) in [5.41, 5.74) is -0.153. The van der Waals surface area contributed by atoms with E-state index in [0.29, 0.717) is 24.7 Å². The number of hydrogen-bond acceptors (Lipinski definition) is 7. The molecule has 4 aliphatic carbocycles. The number of ketones is 1. The predicted octanol–water partition coefficient (Wildman–Crippen LogP) is 4.49. The Morgan fingerprint density at radius 2 is 1.92 bits per heavy atom. The molecule has 3 saturated heterocycles. The molecule has 4 heterocycles. The van der Waals surface area contributed by atoms with Gasteiger partial charge in [0, 0.05) is 18.3 Å².